The second kappa shape index (κ2) is 7.12. The Morgan fingerprint density at radius 3 is 2.63 bits per heavy atom. The summed E-state index contributed by atoms with van der Waals surface area (Å²) in [5, 5.41) is 5.59. The molecule has 8 heteroatoms. The summed E-state index contributed by atoms with van der Waals surface area (Å²) in [4.78, 5) is 27.3. The van der Waals surface area contributed by atoms with E-state index >= 15 is 0 Å². The van der Waals surface area contributed by atoms with Gasteiger partial charge < -0.3 is 29.7 Å². The highest BCUT2D eigenvalue weighted by molar-refractivity contribution is 6.11. The third-order valence-corrected chi connectivity index (χ3v) is 5.80. The van der Waals surface area contributed by atoms with Crippen molar-refractivity contribution in [1.82, 2.24) is 10.6 Å². The van der Waals surface area contributed by atoms with Gasteiger partial charge in [0, 0.05) is 37.0 Å². The third kappa shape index (κ3) is 2.67. The van der Waals surface area contributed by atoms with Crippen LogP contribution in [0.4, 0.5) is 10.5 Å². The standard InChI is InChI=1S/C22H23N3O5/c1-2-7-23-21(27)24-8-9-25-16-6-4-3-5-14(16)22(20(25)26)12-28-17-11-19-18(10-15(17)22)29-13-30-19/h3-6,10-11H,2,7-9,12-13H2,1H3,(H2,23,24,27). The second-order valence-electron chi connectivity index (χ2n) is 7.55. The Labute approximate surface area is 174 Å². The van der Waals surface area contributed by atoms with Gasteiger partial charge in [0.1, 0.15) is 17.8 Å². The van der Waals surface area contributed by atoms with Crippen LogP contribution in [0.1, 0.15) is 24.5 Å². The number of anilines is 1. The summed E-state index contributed by atoms with van der Waals surface area (Å²) < 4.78 is 17.0. The molecule has 8 nitrogen and oxygen atoms in total. The zero-order valence-electron chi connectivity index (χ0n) is 16.7. The number of amides is 3. The van der Waals surface area contributed by atoms with Crippen molar-refractivity contribution in [2.45, 2.75) is 18.8 Å². The lowest BCUT2D eigenvalue weighted by molar-refractivity contribution is -0.122. The number of benzene rings is 2. The first-order chi connectivity index (χ1) is 14.6. The Bertz CT molecular complexity index is 1020. The van der Waals surface area contributed by atoms with E-state index in [1.54, 1.807) is 11.0 Å². The average Bonchev–Trinajstić information content (AvgIpc) is 3.43. The molecule has 1 unspecified atom stereocenters. The van der Waals surface area contributed by atoms with Crippen molar-refractivity contribution in [2.75, 3.05) is 37.9 Å². The number of fused-ring (bicyclic) bond motifs is 5. The molecule has 3 aliphatic heterocycles. The van der Waals surface area contributed by atoms with E-state index in [0.29, 0.717) is 36.9 Å². The Morgan fingerprint density at radius 1 is 1.03 bits per heavy atom. The largest absolute Gasteiger partial charge is 0.491 e. The minimum Gasteiger partial charge on any atom is -0.491 e. The molecule has 2 N–H and O–H groups in total. The number of ether oxygens (including phenoxy) is 3. The Hall–Kier alpha value is -3.42. The third-order valence-electron chi connectivity index (χ3n) is 5.80. The number of hydrogen-bond acceptors (Lipinski definition) is 5. The molecule has 0 radical (unpaired) electrons. The Kier molecular flexibility index (Phi) is 4.42. The summed E-state index contributed by atoms with van der Waals surface area (Å²) in [6, 6.07) is 11.2. The number of hydrogen-bond donors (Lipinski definition) is 2. The van der Waals surface area contributed by atoms with E-state index in [1.807, 2.05) is 37.3 Å². The lowest BCUT2D eigenvalue weighted by atomic mass is 9.77. The monoisotopic (exact) mass is 409 g/mol. The summed E-state index contributed by atoms with van der Waals surface area (Å²) in [7, 11) is 0. The normalized spacial score (nSPS) is 20.2. The van der Waals surface area contributed by atoms with Crippen LogP contribution in [-0.2, 0) is 10.2 Å². The fourth-order valence-corrected chi connectivity index (χ4v) is 4.37. The highest BCUT2D eigenvalue weighted by atomic mass is 16.7. The summed E-state index contributed by atoms with van der Waals surface area (Å²) in [5.74, 6) is 1.83. The molecule has 2 aromatic carbocycles. The van der Waals surface area contributed by atoms with Crippen LogP contribution in [0.5, 0.6) is 17.2 Å². The predicted molar refractivity (Wildman–Crippen MR) is 109 cm³/mol. The number of nitrogens with one attached hydrogen (secondary N) is 2. The molecule has 3 heterocycles. The highest BCUT2D eigenvalue weighted by Gasteiger charge is 2.57. The van der Waals surface area contributed by atoms with E-state index in [1.165, 1.54) is 0 Å². The first kappa shape index (κ1) is 18.6. The number of para-hydroxylation sites is 1. The smallest absolute Gasteiger partial charge is 0.314 e. The SMILES string of the molecule is CCCNC(=O)NCCN1C(=O)C2(COc3cc4c(cc32)OCO4)c2ccccc21. The summed E-state index contributed by atoms with van der Waals surface area (Å²) in [6.07, 6.45) is 0.867. The molecule has 0 fully saturated rings. The average molecular weight is 409 g/mol. The lowest BCUT2D eigenvalue weighted by Gasteiger charge is -2.23. The first-order valence-electron chi connectivity index (χ1n) is 10.1. The summed E-state index contributed by atoms with van der Waals surface area (Å²) in [5.41, 5.74) is 1.62. The number of rotatable bonds is 5. The fraction of sp³-hybridized carbons (Fsp3) is 0.364. The molecule has 0 aliphatic carbocycles. The van der Waals surface area contributed by atoms with Crippen LogP contribution in [0.3, 0.4) is 0 Å². The van der Waals surface area contributed by atoms with E-state index in [0.717, 1.165) is 23.2 Å². The Balaban J connectivity index is 1.45. The van der Waals surface area contributed by atoms with Crippen LogP contribution >= 0.6 is 0 Å². The zero-order chi connectivity index (χ0) is 20.7. The van der Waals surface area contributed by atoms with Gasteiger partial charge in [-0.15, -0.1) is 0 Å². The molecule has 2 aromatic rings. The maximum atomic E-state index is 13.7. The lowest BCUT2D eigenvalue weighted by Crippen LogP contribution is -2.46. The molecule has 0 bridgehead atoms. The van der Waals surface area contributed by atoms with E-state index in [-0.39, 0.29) is 25.3 Å². The van der Waals surface area contributed by atoms with Crippen LogP contribution in [0.15, 0.2) is 36.4 Å². The highest BCUT2D eigenvalue weighted by Crippen LogP contribution is 2.54. The van der Waals surface area contributed by atoms with Crippen LogP contribution < -0.4 is 29.7 Å². The summed E-state index contributed by atoms with van der Waals surface area (Å²) >= 11 is 0. The van der Waals surface area contributed by atoms with Gasteiger partial charge in [-0.05, 0) is 24.1 Å². The van der Waals surface area contributed by atoms with Crippen molar-refractivity contribution in [1.29, 1.82) is 0 Å². The molecule has 0 saturated heterocycles. The van der Waals surface area contributed by atoms with Gasteiger partial charge in [-0.3, -0.25) is 4.79 Å². The number of carbonyl (C=O) groups is 2. The molecule has 0 aromatic heterocycles. The van der Waals surface area contributed by atoms with Gasteiger partial charge in [0.25, 0.3) is 0 Å². The maximum absolute atomic E-state index is 13.7. The number of urea groups is 1. The molecule has 5 rings (SSSR count). The van der Waals surface area contributed by atoms with Crippen LogP contribution in [0.2, 0.25) is 0 Å². The molecule has 156 valence electrons. The van der Waals surface area contributed by atoms with Gasteiger partial charge in [-0.2, -0.15) is 0 Å². The molecule has 1 spiro atoms. The summed E-state index contributed by atoms with van der Waals surface area (Å²) in [6.45, 7) is 3.71. The van der Waals surface area contributed by atoms with Crippen molar-refractivity contribution in [3.8, 4) is 17.2 Å². The number of nitrogens with zero attached hydrogens (tertiary/aromatic N) is 1. The predicted octanol–water partition coefficient (Wildman–Crippen LogP) is 2.15. The van der Waals surface area contributed by atoms with Crippen LogP contribution in [-0.4, -0.2) is 45.0 Å². The van der Waals surface area contributed by atoms with Crippen molar-refractivity contribution in [2.24, 2.45) is 0 Å². The van der Waals surface area contributed by atoms with Gasteiger partial charge in [0.15, 0.2) is 11.5 Å². The zero-order valence-corrected chi connectivity index (χ0v) is 16.7. The van der Waals surface area contributed by atoms with Gasteiger partial charge in [-0.25, -0.2) is 4.79 Å². The van der Waals surface area contributed by atoms with Crippen molar-refractivity contribution in [3.05, 3.63) is 47.5 Å². The van der Waals surface area contributed by atoms with Crippen molar-refractivity contribution in [3.63, 3.8) is 0 Å². The molecule has 3 amide bonds. The van der Waals surface area contributed by atoms with Gasteiger partial charge in [0.2, 0.25) is 12.7 Å². The molecule has 30 heavy (non-hydrogen) atoms. The first-order valence-corrected chi connectivity index (χ1v) is 10.1. The number of carbonyl (C=O) groups excluding carboxylic acids is 2. The molecule has 1 atom stereocenters. The Morgan fingerprint density at radius 2 is 1.80 bits per heavy atom. The molecule has 3 aliphatic rings. The van der Waals surface area contributed by atoms with E-state index in [2.05, 4.69) is 10.6 Å². The van der Waals surface area contributed by atoms with Crippen LogP contribution in [0, 0.1) is 0 Å². The van der Waals surface area contributed by atoms with Crippen molar-refractivity contribution >= 4 is 17.6 Å². The fourth-order valence-electron chi connectivity index (χ4n) is 4.37. The van der Waals surface area contributed by atoms with Crippen molar-refractivity contribution < 1.29 is 23.8 Å². The molecular formula is C22H23N3O5. The van der Waals surface area contributed by atoms with Gasteiger partial charge in [0.05, 0.1) is 0 Å². The van der Waals surface area contributed by atoms with E-state index in [4.69, 9.17) is 14.2 Å². The minimum atomic E-state index is -0.919. The van der Waals surface area contributed by atoms with E-state index < -0.39 is 5.41 Å². The van der Waals surface area contributed by atoms with Gasteiger partial charge in [-0.1, -0.05) is 25.1 Å². The molecular weight excluding hydrogens is 386 g/mol. The molecule has 0 saturated carbocycles. The second-order valence-corrected chi connectivity index (χ2v) is 7.55. The van der Waals surface area contributed by atoms with Crippen LogP contribution in [0.25, 0.3) is 0 Å². The minimum absolute atomic E-state index is 0.0583. The van der Waals surface area contributed by atoms with Gasteiger partial charge >= 0.3 is 6.03 Å². The van der Waals surface area contributed by atoms with E-state index in [9.17, 15) is 9.59 Å². The maximum Gasteiger partial charge on any atom is 0.314 e. The quantitative estimate of drug-likeness (QED) is 0.790. The topological polar surface area (TPSA) is 89.1 Å².